The van der Waals surface area contributed by atoms with Crippen molar-refractivity contribution in [1.82, 2.24) is 4.67 Å². The predicted octanol–water partition coefficient (Wildman–Crippen LogP) is 2.91. The van der Waals surface area contributed by atoms with E-state index in [0.717, 1.165) is 4.67 Å². The quantitative estimate of drug-likeness (QED) is 0.596. The van der Waals surface area contributed by atoms with E-state index in [-0.39, 0.29) is 13.2 Å². The monoisotopic (exact) mass is 291 g/mol. The lowest BCUT2D eigenvalue weighted by molar-refractivity contribution is -0.143. The van der Waals surface area contributed by atoms with Crippen molar-refractivity contribution in [1.29, 1.82) is 0 Å². The van der Waals surface area contributed by atoms with Gasteiger partial charge in [-0.3, -0.25) is 4.79 Å². The van der Waals surface area contributed by atoms with Crippen LogP contribution in [0.2, 0.25) is 0 Å². The van der Waals surface area contributed by atoms with Crippen LogP contribution >= 0.6 is 18.1 Å². The predicted molar refractivity (Wildman–Crippen MR) is 69.8 cm³/mol. The summed E-state index contributed by atoms with van der Waals surface area (Å²) in [6.45, 7) is -1.82. The van der Waals surface area contributed by atoms with Gasteiger partial charge in [-0.15, -0.1) is 0 Å². The molecule has 1 rings (SSSR count). The Balaban J connectivity index is 2.63. The standard InChI is InChI=1S/C11H15ClNO4P/c1-3-16-11(14)9-13(2)18(12,15)17-10-7-5-4-6-8-10/h4-8H,3,9H2,1-2H3. The third-order valence-corrected chi connectivity index (χ3v) is 4.41. The Labute approximate surface area is 111 Å². The lowest BCUT2D eigenvalue weighted by Gasteiger charge is -2.21. The Bertz CT molecular complexity index is 440. The van der Waals surface area contributed by atoms with Crippen LogP contribution in [0.5, 0.6) is 5.75 Å². The molecule has 0 spiro atoms. The smallest absolute Gasteiger partial charge is 0.412 e. The molecule has 0 fully saturated rings. The first-order chi connectivity index (χ1) is 8.45. The molecule has 7 heteroatoms. The Morgan fingerprint density at radius 1 is 1.39 bits per heavy atom. The van der Waals surface area contributed by atoms with E-state index in [9.17, 15) is 9.36 Å². The summed E-state index contributed by atoms with van der Waals surface area (Å²) in [7, 11) is 1.44. The summed E-state index contributed by atoms with van der Waals surface area (Å²) < 4.78 is 23.1. The van der Waals surface area contributed by atoms with E-state index >= 15 is 0 Å². The van der Waals surface area contributed by atoms with Crippen LogP contribution in [-0.2, 0) is 14.1 Å². The molecule has 1 aromatic rings. The molecule has 0 N–H and O–H groups in total. The number of para-hydroxylation sites is 1. The zero-order chi connectivity index (χ0) is 13.6. The van der Waals surface area contributed by atoms with Crippen LogP contribution in [0.15, 0.2) is 30.3 Å². The number of nitrogens with zero attached hydrogens (tertiary/aromatic N) is 1. The SMILES string of the molecule is CCOC(=O)CN(C)P(=O)(Cl)Oc1ccccc1. The minimum absolute atomic E-state index is 0.193. The van der Waals surface area contributed by atoms with E-state index in [2.05, 4.69) is 0 Å². The molecule has 0 aliphatic rings. The van der Waals surface area contributed by atoms with E-state index in [4.69, 9.17) is 20.5 Å². The first-order valence-electron chi connectivity index (χ1n) is 5.37. The number of esters is 1. The normalized spacial score (nSPS) is 14.0. The summed E-state index contributed by atoms with van der Waals surface area (Å²) in [5.74, 6) is -0.121. The van der Waals surface area contributed by atoms with Gasteiger partial charge in [0.1, 0.15) is 12.3 Å². The van der Waals surface area contributed by atoms with Gasteiger partial charge in [-0.25, -0.2) is 9.24 Å². The Morgan fingerprint density at radius 2 is 2.00 bits per heavy atom. The summed E-state index contributed by atoms with van der Waals surface area (Å²) >= 11 is 5.82. The lowest BCUT2D eigenvalue weighted by atomic mass is 10.3. The highest BCUT2D eigenvalue weighted by Crippen LogP contribution is 2.54. The van der Waals surface area contributed by atoms with Crippen molar-refractivity contribution in [2.45, 2.75) is 6.92 Å². The number of halogens is 1. The van der Waals surface area contributed by atoms with E-state index in [1.165, 1.54) is 7.05 Å². The fourth-order valence-electron chi connectivity index (χ4n) is 1.16. The maximum Gasteiger partial charge on any atom is 0.412 e. The largest absolute Gasteiger partial charge is 0.465 e. The molecule has 1 atom stereocenters. The summed E-state index contributed by atoms with van der Waals surface area (Å²) in [4.78, 5) is 11.3. The van der Waals surface area contributed by atoms with Gasteiger partial charge < -0.3 is 9.26 Å². The van der Waals surface area contributed by atoms with Gasteiger partial charge in [-0.1, -0.05) is 18.2 Å². The zero-order valence-corrected chi connectivity index (χ0v) is 11.9. The van der Waals surface area contributed by atoms with Gasteiger partial charge in [0.25, 0.3) is 0 Å². The van der Waals surface area contributed by atoms with Crippen molar-refractivity contribution in [2.75, 3.05) is 20.2 Å². The molecule has 1 aromatic carbocycles. The summed E-state index contributed by atoms with van der Waals surface area (Å²) in [5.41, 5.74) is 0. The average molecular weight is 292 g/mol. The molecular weight excluding hydrogens is 277 g/mol. The van der Waals surface area contributed by atoms with E-state index in [0.29, 0.717) is 5.75 Å². The third-order valence-electron chi connectivity index (χ3n) is 2.03. The van der Waals surface area contributed by atoms with E-state index in [1.54, 1.807) is 37.3 Å². The van der Waals surface area contributed by atoms with Crippen molar-refractivity contribution in [3.05, 3.63) is 30.3 Å². The van der Waals surface area contributed by atoms with E-state index in [1.807, 2.05) is 0 Å². The fourth-order valence-corrected chi connectivity index (χ4v) is 2.36. The number of carbonyl (C=O) groups excluding carboxylic acids is 1. The Kier molecular flexibility index (Phi) is 5.66. The van der Waals surface area contributed by atoms with Gasteiger partial charge in [0, 0.05) is 11.2 Å². The van der Waals surface area contributed by atoms with Crippen molar-refractivity contribution in [2.24, 2.45) is 0 Å². The highest BCUT2D eigenvalue weighted by atomic mass is 35.7. The molecule has 0 heterocycles. The molecule has 0 aromatic heterocycles. The van der Waals surface area contributed by atoms with Crippen LogP contribution in [0.25, 0.3) is 0 Å². The second kappa shape index (κ2) is 6.78. The summed E-state index contributed by atoms with van der Waals surface area (Å²) in [6.07, 6.45) is 0. The molecule has 0 saturated heterocycles. The molecule has 0 amide bonds. The average Bonchev–Trinajstić information content (AvgIpc) is 2.29. The van der Waals surface area contributed by atoms with Crippen LogP contribution in [0.1, 0.15) is 6.92 Å². The number of carbonyl (C=O) groups is 1. The summed E-state index contributed by atoms with van der Waals surface area (Å²) in [6, 6.07) is 8.53. The molecule has 0 radical (unpaired) electrons. The van der Waals surface area contributed by atoms with Crippen molar-refractivity contribution in [3.63, 3.8) is 0 Å². The topological polar surface area (TPSA) is 55.8 Å². The minimum Gasteiger partial charge on any atom is -0.465 e. The van der Waals surface area contributed by atoms with Crippen molar-refractivity contribution >= 4 is 24.1 Å². The van der Waals surface area contributed by atoms with Gasteiger partial charge in [-0.2, -0.15) is 0 Å². The first kappa shape index (κ1) is 15.0. The molecule has 18 heavy (non-hydrogen) atoms. The van der Waals surface area contributed by atoms with Crippen molar-refractivity contribution < 1.29 is 18.6 Å². The number of benzene rings is 1. The van der Waals surface area contributed by atoms with Gasteiger partial charge in [0.05, 0.1) is 6.61 Å². The number of hydrogen-bond donors (Lipinski definition) is 0. The molecule has 0 aliphatic heterocycles. The van der Waals surface area contributed by atoms with E-state index < -0.39 is 12.8 Å². The van der Waals surface area contributed by atoms with Gasteiger partial charge in [-0.05, 0) is 26.1 Å². The molecule has 5 nitrogen and oxygen atoms in total. The van der Waals surface area contributed by atoms with Crippen LogP contribution < -0.4 is 4.52 Å². The summed E-state index contributed by atoms with van der Waals surface area (Å²) in [5, 5.41) is 0. The van der Waals surface area contributed by atoms with Gasteiger partial charge in [0.2, 0.25) is 0 Å². The second-order valence-electron chi connectivity index (χ2n) is 3.48. The molecule has 0 saturated carbocycles. The Morgan fingerprint density at radius 3 is 2.56 bits per heavy atom. The minimum atomic E-state index is -3.58. The Hall–Kier alpha value is -1.03. The van der Waals surface area contributed by atoms with Crippen LogP contribution in [0.3, 0.4) is 0 Å². The van der Waals surface area contributed by atoms with Gasteiger partial charge in [0.15, 0.2) is 0 Å². The van der Waals surface area contributed by atoms with Crippen LogP contribution in [0, 0.1) is 0 Å². The lowest BCUT2D eigenvalue weighted by Crippen LogP contribution is -2.25. The maximum atomic E-state index is 12.1. The number of rotatable bonds is 6. The molecule has 1 unspecified atom stereocenters. The molecule has 0 aliphatic carbocycles. The number of hydrogen-bond acceptors (Lipinski definition) is 4. The fraction of sp³-hybridized carbons (Fsp3) is 0.364. The van der Waals surface area contributed by atoms with Gasteiger partial charge >= 0.3 is 12.8 Å². The molecule has 0 bridgehead atoms. The highest BCUT2D eigenvalue weighted by Gasteiger charge is 2.29. The second-order valence-corrected chi connectivity index (χ2v) is 6.53. The maximum absolute atomic E-state index is 12.1. The molecule has 100 valence electrons. The highest BCUT2D eigenvalue weighted by molar-refractivity contribution is 7.83. The van der Waals surface area contributed by atoms with Crippen LogP contribution in [-0.4, -0.2) is 30.8 Å². The first-order valence-corrected chi connectivity index (χ1v) is 7.85. The molecular formula is C11H15ClNO4P. The number of likely N-dealkylation sites (N-methyl/N-ethyl adjacent to an activating group) is 1. The number of ether oxygens (including phenoxy) is 1. The third kappa shape index (κ3) is 4.69. The van der Waals surface area contributed by atoms with Crippen molar-refractivity contribution in [3.8, 4) is 5.75 Å². The van der Waals surface area contributed by atoms with Crippen LogP contribution in [0.4, 0.5) is 0 Å². The zero-order valence-electron chi connectivity index (χ0n) is 10.2.